The highest BCUT2D eigenvalue weighted by Crippen LogP contribution is 2.26. The van der Waals surface area contributed by atoms with Gasteiger partial charge in [0.2, 0.25) is 5.95 Å². The van der Waals surface area contributed by atoms with Crippen molar-refractivity contribution < 1.29 is 0 Å². The van der Waals surface area contributed by atoms with Gasteiger partial charge in [-0.15, -0.1) is 0 Å². The van der Waals surface area contributed by atoms with Crippen LogP contribution in [0.5, 0.6) is 0 Å². The number of anilines is 1. The number of aromatic nitrogens is 6. The molecule has 0 radical (unpaired) electrons. The average molecular weight is 377 g/mol. The van der Waals surface area contributed by atoms with Crippen LogP contribution in [0, 0.1) is 0 Å². The van der Waals surface area contributed by atoms with Gasteiger partial charge in [0.25, 0.3) is 5.56 Å². The van der Waals surface area contributed by atoms with Crippen molar-refractivity contribution in [2.45, 2.75) is 13.0 Å². The highest BCUT2D eigenvalue weighted by molar-refractivity contribution is 5.74. The minimum Gasteiger partial charge on any atom is -0.340 e. The molecule has 0 saturated carbocycles. The van der Waals surface area contributed by atoms with E-state index < -0.39 is 11.2 Å². The zero-order valence-electron chi connectivity index (χ0n) is 15.6. The quantitative estimate of drug-likeness (QED) is 0.540. The van der Waals surface area contributed by atoms with Crippen LogP contribution < -0.4 is 16.1 Å². The predicted octanol–water partition coefficient (Wildman–Crippen LogP) is 0.913. The Bertz CT molecular complexity index is 1310. The molecule has 0 spiro atoms. The number of aryl methyl sites for hydroxylation is 2. The van der Waals surface area contributed by atoms with E-state index in [0.29, 0.717) is 23.7 Å². The minimum absolute atomic E-state index is 0.381. The van der Waals surface area contributed by atoms with Crippen LogP contribution in [0.15, 0.2) is 39.9 Å². The molecule has 5 rings (SSSR count). The fourth-order valence-corrected chi connectivity index (χ4v) is 3.78. The molecule has 28 heavy (non-hydrogen) atoms. The zero-order chi connectivity index (χ0) is 19.4. The Morgan fingerprint density at radius 1 is 1.00 bits per heavy atom. The van der Waals surface area contributed by atoms with Gasteiger partial charge in [-0.3, -0.25) is 14.3 Å². The summed E-state index contributed by atoms with van der Waals surface area (Å²) < 4.78 is 3.10. The van der Waals surface area contributed by atoms with E-state index in [-0.39, 0.29) is 0 Å². The number of imidazole rings is 2. The fourth-order valence-electron chi connectivity index (χ4n) is 3.78. The van der Waals surface area contributed by atoms with Crippen molar-refractivity contribution in [2.75, 3.05) is 11.4 Å². The molecule has 9 heteroatoms. The molecule has 142 valence electrons. The van der Waals surface area contributed by atoms with Gasteiger partial charge in [0, 0.05) is 32.6 Å². The molecule has 0 fully saturated rings. The van der Waals surface area contributed by atoms with Crippen molar-refractivity contribution in [3.05, 3.63) is 62.6 Å². The molecule has 2 N–H and O–H groups in total. The molecule has 4 heterocycles. The number of nitrogens with one attached hydrogen (secondary N) is 2. The van der Waals surface area contributed by atoms with Gasteiger partial charge in [-0.05, 0) is 0 Å². The predicted molar refractivity (Wildman–Crippen MR) is 105 cm³/mol. The number of H-pyrrole nitrogens is 2. The van der Waals surface area contributed by atoms with E-state index in [1.165, 1.54) is 4.57 Å². The van der Waals surface area contributed by atoms with E-state index in [4.69, 9.17) is 4.98 Å². The van der Waals surface area contributed by atoms with Crippen molar-refractivity contribution in [2.24, 2.45) is 14.1 Å². The Morgan fingerprint density at radius 3 is 2.57 bits per heavy atom. The van der Waals surface area contributed by atoms with Gasteiger partial charge in [0.1, 0.15) is 5.82 Å². The first-order chi connectivity index (χ1) is 13.5. The summed E-state index contributed by atoms with van der Waals surface area (Å²) in [6.07, 6.45) is 0.775. The van der Waals surface area contributed by atoms with Gasteiger partial charge in [0.05, 0.1) is 17.9 Å². The van der Waals surface area contributed by atoms with Crippen LogP contribution in [0.2, 0.25) is 0 Å². The standard InChI is InChI=1S/C19H19N7O2/c1-24-14-16(25(2)19(28)23-17(14)27)22-18(24)26-9-8-12-13(10-26)21-15(20-12)11-6-4-3-5-7-11/h3-7H,8-10H2,1-2H3,(H,20,21)(H,23,27,28). The molecule has 0 atom stereocenters. The molecule has 0 bridgehead atoms. The van der Waals surface area contributed by atoms with Crippen molar-refractivity contribution in [1.82, 2.24) is 29.1 Å². The highest BCUT2D eigenvalue weighted by atomic mass is 16.2. The van der Waals surface area contributed by atoms with Gasteiger partial charge < -0.3 is 14.5 Å². The number of hydrogen-bond acceptors (Lipinski definition) is 5. The summed E-state index contributed by atoms with van der Waals surface area (Å²) in [5.74, 6) is 1.51. The molecule has 0 unspecified atom stereocenters. The van der Waals surface area contributed by atoms with Gasteiger partial charge in [-0.2, -0.15) is 4.98 Å². The fraction of sp³-hybridized carbons (Fsp3) is 0.263. The van der Waals surface area contributed by atoms with Crippen molar-refractivity contribution in [1.29, 1.82) is 0 Å². The van der Waals surface area contributed by atoms with E-state index in [0.717, 1.165) is 35.7 Å². The summed E-state index contributed by atoms with van der Waals surface area (Å²) in [6.45, 7) is 1.34. The smallest absolute Gasteiger partial charge is 0.329 e. The lowest BCUT2D eigenvalue weighted by Gasteiger charge is -2.26. The molecule has 0 saturated heterocycles. The maximum atomic E-state index is 12.3. The van der Waals surface area contributed by atoms with E-state index in [1.54, 1.807) is 18.7 Å². The lowest BCUT2D eigenvalue weighted by atomic mass is 10.1. The number of fused-ring (bicyclic) bond motifs is 2. The third kappa shape index (κ3) is 2.39. The number of rotatable bonds is 2. The maximum Gasteiger partial charge on any atom is 0.329 e. The van der Waals surface area contributed by atoms with E-state index in [2.05, 4.69) is 19.9 Å². The van der Waals surface area contributed by atoms with Gasteiger partial charge in [-0.25, -0.2) is 9.78 Å². The van der Waals surface area contributed by atoms with Crippen LogP contribution in [0.1, 0.15) is 11.4 Å². The van der Waals surface area contributed by atoms with E-state index in [9.17, 15) is 9.59 Å². The van der Waals surface area contributed by atoms with Crippen LogP contribution in [0.25, 0.3) is 22.6 Å². The van der Waals surface area contributed by atoms with Crippen molar-refractivity contribution >= 4 is 17.1 Å². The third-order valence-electron chi connectivity index (χ3n) is 5.27. The molecular weight excluding hydrogens is 358 g/mol. The summed E-state index contributed by atoms with van der Waals surface area (Å²) >= 11 is 0. The van der Waals surface area contributed by atoms with Crippen molar-refractivity contribution in [3.63, 3.8) is 0 Å². The Morgan fingerprint density at radius 2 is 1.79 bits per heavy atom. The topological polar surface area (TPSA) is 105 Å². The monoisotopic (exact) mass is 377 g/mol. The third-order valence-corrected chi connectivity index (χ3v) is 5.27. The van der Waals surface area contributed by atoms with Crippen LogP contribution in [-0.2, 0) is 27.1 Å². The summed E-state index contributed by atoms with van der Waals surface area (Å²) in [5, 5.41) is 0. The number of nitrogens with zero attached hydrogens (tertiary/aromatic N) is 5. The summed E-state index contributed by atoms with van der Waals surface area (Å²) in [6, 6.07) is 10.0. The maximum absolute atomic E-state index is 12.3. The Kier molecular flexibility index (Phi) is 3.51. The van der Waals surface area contributed by atoms with Gasteiger partial charge in [-0.1, -0.05) is 30.3 Å². The molecule has 1 aromatic carbocycles. The molecule has 0 aliphatic carbocycles. The molecule has 9 nitrogen and oxygen atoms in total. The molecule has 0 amide bonds. The molecular formula is C19H19N7O2. The number of aromatic amines is 2. The molecule has 1 aliphatic rings. The van der Waals surface area contributed by atoms with E-state index >= 15 is 0 Å². The Labute approximate surface area is 159 Å². The second kappa shape index (κ2) is 5.95. The average Bonchev–Trinajstić information content (AvgIpc) is 3.28. The molecule has 1 aliphatic heterocycles. The first-order valence-corrected chi connectivity index (χ1v) is 9.07. The van der Waals surface area contributed by atoms with Gasteiger partial charge >= 0.3 is 5.69 Å². The first-order valence-electron chi connectivity index (χ1n) is 9.07. The highest BCUT2D eigenvalue weighted by Gasteiger charge is 2.25. The summed E-state index contributed by atoms with van der Waals surface area (Å²) in [5.41, 5.74) is 3.02. The number of benzene rings is 1. The van der Waals surface area contributed by atoms with Crippen molar-refractivity contribution in [3.8, 4) is 11.4 Å². The number of hydrogen-bond donors (Lipinski definition) is 2. The Balaban J connectivity index is 1.55. The van der Waals surface area contributed by atoms with Crippen LogP contribution in [-0.4, -0.2) is 35.6 Å². The van der Waals surface area contributed by atoms with Crippen LogP contribution in [0.4, 0.5) is 5.95 Å². The molecule has 4 aromatic rings. The zero-order valence-corrected chi connectivity index (χ0v) is 15.6. The lowest BCUT2D eigenvalue weighted by molar-refractivity contribution is 0.676. The minimum atomic E-state index is -0.468. The lowest BCUT2D eigenvalue weighted by Crippen LogP contribution is -2.32. The summed E-state index contributed by atoms with van der Waals surface area (Å²) in [4.78, 5) is 41.3. The largest absolute Gasteiger partial charge is 0.340 e. The summed E-state index contributed by atoms with van der Waals surface area (Å²) in [7, 11) is 3.40. The van der Waals surface area contributed by atoms with E-state index in [1.807, 2.05) is 30.3 Å². The van der Waals surface area contributed by atoms with Crippen LogP contribution >= 0.6 is 0 Å². The Hall–Kier alpha value is -3.62. The second-order valence-corrected chi connectivity index (χ2v) is 7.01. The normalized spacial score (nSPS) is 13.9. The molecule has 3 aromatic heterocycles. The first kappa shape index (κ1) is 16.5. The van der Waals surface area contributed by atoms with Gasteiger partial charge in [0.15, 0.2) is 11.2 Å². The SMILES string of the molecule is Cn1c(N2CCc3nc(-c4ccccc4)[nH]c3C2)nc2c1c(=O)[nH]c(=O)n2C. The van der Waals surface area contributed by atoms with Crippen LogP contribution in [0.3, 0.4) is 0 Å². The second-order valence-electron chi connectivity index (χ2n) is 7.01.